The lowest BCUT2D eigenvalue weighted by atomic mass is 10.1. The smallest absolute Gasteiger partial charge is 0.287 e. The van der Waals surface area contributed by atoms with Crippen molar-refractivity contribution in [2.24, 2.45) is 4.99 Å². The molecule has 0 aliphatic carbocycles. The molecule has 2 aromatic carbocycles. The van der Waals surface area contributed by atoms with Gasteiger partial charge in [0.25, 0.3) is 11.8 Å². The number of hydrazine groups is 1. The highest BCUT2D eigenvalue weighted by Crippen LogP contribution is 2.38. The lowest BCUT2D eigenvalue weighted by Gasteiger charge is -2.33. The van der Waals surface area contributed by atoms with E-state index in [1.165, 1.54) is 6.07 Å². The van der Waals surface area contributed by atoms with Crippen molar-refractivity contribution in [1.82, 2.24) is 19.7 Å². The van der Waals surface area contributed by atoms with Gasteiger partial charge in [0.1, 0.15) is 18.3 Å². The Morgan fingerprint density at radius 2 is 1.93 bits per heavy atom. The van der Waals surface area contributed by atoms with Crippen LogP contribution < -0.4 is 10.0 Å². The highest BCUT2D eigenvalue weighted by molar-refractivity contribution is 6.29. The third kappa shape index (κ3) is 2.31. The van der Waals surface area contributed by atoms with Gasteiger partial charge < -0.3 is 4.52 Å². The van der Waals surface area contributed by atoms with Crippen molar-refractivity contribution in [1.29, 1.82) is 0 Å². The van der Waals surface area contributed by atoms with E-state index < -0.39 is 11.6 Å². The molecule has 0 saturated heterocycles. The number of imidazole rings is 1. The number of aliphatic imine (C=N–C) groups is 1. The SMILES string of the molecule is Fc1ccc(-c2nc(N3CN=C4c5ccccc5-n5c(cnc5Cl)N43)no2)c(F)c1. The fourth-order valence-electron chi connectivity index (χ4n) is 3.61. The Hall–Kier alpha value is -3.79. The Kier molecular flexibility index (Phi) is 3.48. The summed E-state index contributed by atoms with van der Waals surface area (Å²) in [7, 11) is 0. The number of para-hydroxylation sites is 1. The van der Waals surface area contributed by atoms with E-state index in [0.29, 0.717) is 16.9 Å². The van der Waals surface area contributed by atoms with Gasteiger partial charge in [0.15, 0.2) is 11.7 Å². The van der Waals surface area contributed by atoms with E-state index in [1.807, 2.05) is 24.3 Å². The molecule has 0 radical (unpaired) electrons. The first-order valence-corrected chi connectivity index (χ1v) is 9.24. The number of anilines is 2. The van der Waals surface area contributed by atoms with Crippen molar-refractivity contribution in [3.05, 3.63) is 71.1 Å². The van der Waals surface area contributed by atoms with Crippen LogP contribution in [0.5, 0.6) is 0 Å². The van der Waals surface area contributed by atoms with Crippen molar-refractivity contribution in [3.8, 4) is 17.1 Å². The van der Waals surface area contributed by atoms with Crippen molar-refractivity contribution < 1.29 is 13.3 Å². The molecule has 0 atom stereocenters. The van der Waals surface area contributed by atoms with E-state index in [-0.39, 0.29) is 24.1 Å². The Bertz CT molecular complexity index is 1350. The van der Waals surface area contributed by atoms with E-state index in [9.17, 15) is 8.78 Å². The maximum Gasteiger partial charge on any atom is 0.287 e. The molecule has 2 aromatic heterocycles. The first-order chi connectivity index (χ1) is 14.6. The highest BCUT2D eigenvalue weighted by atomic mass is 35.5. The molecule has 148 valence electrons. The number of rotatable bonds is 2. The minimum absolute atomic E-state index is 0.00700. The maximum atomic E-state index is 14.1. The minimum Gasteiger partial charge on any atom is -0.332 e. The molecule has 0 N–H and O–H groups in total. The average Bonchev–Trinajstić information content (AvgIpc) is 3.46. The number of amidine groups is 1. The maximum absolute atomic E-state index is 14.1. The number of hydrogen-bond donors (Lipinski definition) is 0. The summed E-state index contributed by atoms with van der Waals surface area (Å²) in [5.74, 6) is -0.0649. The van der Waals surface area contributed by atoms with Gasteiger partial charge >= 0.3 is 0 Å². The summed E-state index contributed by atoms with van der Waals surface area (Å²) in [6.07, 6.45) is 1.62. The summed E-state index contributed by atoms with van der Waals surface area (Å²) >= 11 is 6.33. The summed E-state index contributed by atoms with van der Waals surface area (Å²) in [5.41, 5.74) is 1.72. The molecule has 0 saturated carbocycles. The second kappa shape index (κ2) is 6.10. The number of halogens is 3. The molecule has 2 aliphatic heterocycles. The molecule has 30 heavy (non-hydrogen) atoms. The summed E-state index contributed by atoms with van der Waals surface area (Å²) in [4.78, 5) is 13.1. The summed E-state index contributed by atoms with van der Waals surface area (Å²) in [5, 5.41) is 7.69. The second-order valence-electron chi connectivity index (χ2n) is 6.60. The number of benzene rings is 2. The summed E-state index contributed by atoms with van der Waals surface area (Å²) < 4.78 is 34.3. The second-order valence-corrected chi connectivity index (χ2v) is 6.93. The fourth-order valence-corrected chi connectivity index (χ4v) is 3.83. The van der Waals surface area contributed by atoms with Crippen LogP contribution in [0.4, 0.5) is 20.5 Å². The van der Waals surface area contributed by atoms with Crippen LogP contribution in [0.1, 0.15) is 5.56 Å². The van der Waals surface area contributed by atoms with Gasteiger partial charge in [-0.05, 0) is 41.0 Å². The Labute approximate surface area is 172 Å². The van der Waals surface area contributed by atoms with E-state index >= 15 is 0 Å². The largest absolute Gasteiger partial charge is 0.332 e. The third-order valence-corrected chi connectivity index (χ3v) is 5.17. The lowest BCUT2D eigenvalue weighted by molar-refractivity contribution is 0.427. The first kappa shape index (κ1) is 17.1. The molecular weight excluding hydrogens is 416 g/mol. The van der Waals surface area contributed by atoms with Gasteiger partial charge in [-0.15, -0.1) is 0 Å². The quantitative estimate of drug-likeness (QED) is 0.486. The molecular formula is C19H10ClF2N7O. The van der Waals surface area contributed by atoms with Crippen molar-refractivity contribution >= 4 is 29.2 Å². The normalized spacial score (nSPS) is 14.4. The van der Waals surface area contributed by atoms with Gasteiger partial charge in [-0.25, -0.2) is 28.8 Å². The van der Waals surface area contributed by atoms with E-state index in [2.05, 4.69) is 20.1 Å². The molecule has 0 amide bonds. The highest BCUT2D eigenvalue weighted by Gasteiger charge is 2.39. The molecule has 4 heterocycles. The van der Waals surface area contributed by atoms with Crippen molar-refractivity contribution in [2.75, 3.05) is 16.7 Å². The zero-order valence-electron chi connectivity index (χ0n) is 15.0. The van der Waals surface area contributed by atoms with Crippen LogP contribution in [0, 0.1) is 11.6 Å². The first-order valence-electron chi connectivity index (χ1n) is 8.86. The predicted molar refractivity (Wildman–Crippen MR) is 105 cm³/mol. The molecule has 8 nitrogen and oxygen atoms in total. The van der Waals surface area contributed by atoms with Crippen molar-refractivity contribution in [3.63, 3.8) is 0 Å². The van der Waals surface area contributed by atoms with Crippen LogP contribution in [0.3, 0.4) is 0 Å². The van der Waals surface area contributed by atoms with Gasteiger partial charge in [0.2, 0.25) is 5.28 Å². The van der Waals surface area contributed by atoms with Gasteiger partial charge in [-0.3, -0.25) is 4.57 Å². The lowest BCUT2D eigenvalue weighted by Crippen LogP contribution is -2.46. The molecule has 0 spiro atoms. The molecule has 6 rings (SSSR count). The molecule has 4 aromatic rings. The van der Waals surface area contributed by atoms with Gasteiger partial charge in [0.05, 0.1) is 17.4 Å². The zero-order chi connectivity index (χ0) is 20.4. The van der Waals surface area contributed by atoms with Crippen LogP contribution in [0.2, 0.25) is 5.28 Å². The van der Waals surface area contributed by atoms with E-state index in [0.717, 1.165) is 23.4 Å². The minimum atomic E-state index is -0.791. The van der Waals surface area contributed by atoms with Gasteiger partial charge in [-0.2, -0.15) is 4.98 Å². The number of hydrogen-bond acceptors (Lipinski definition) is 7. The predicted octanol–water partition coefficient (Wildman–Crippen LogP) is 3.81. The van der Waals surface area contributed by atoms with Crippen LogP contribution in [0.15, 0.2) is 58.2 Å². The molecule has 0 fully saturated rings. The van der Waals surface area contributed by atoms with E-state index in [4.69, 9.17) is 16.1 Å². The Morgan fingerprint density at radius 3 is 2.80 bits per heavy atom. The molecule has 2 aliphatic rings. The van der Waals surface area contributed by atoms with Crippen LogP contribution in [-0.2, 0) is 0 Å². The van der Waals surface area contributed by atoms with Gasteiger partial charge in [0, 0.05) is 11.6 Å². The van der Waals surface area contributed by atoms with Crippen molar-refractivity contribution in [2.45, 2.75) is 0 Å². The molecule has 0 bridgehead atoms. The standard InChI is InChI=1S/C19H10ClF2N7O/c20-18-23-8-15-28(18)14-4-2-1-3-12(14)16-24-9-27(29(15)16)19-25-17(30-26-19)11-6-5-10(21)7-13(11)22/h1-8H,9H2. The Balaban J connectivity index is 1.44. The third-order valence-electron chi connectivity index (χ3n) is 4.91. The van der Waals surface area contributed by atoms with Crippen LogP contribution in [0.25, 0.3) is 17.1 Å². The summed E-state index contributed by atoms with van der Waals surface area (Å²) in [6.45, 7) is 0.206. The number of fused-ring (bicyclic) bond motifs is 6. The fraction of sp³-hybridized carbons (Fsp3) is 0.0526. The summed E-state index contributed by atoms with van der Waals surface area (Å²) in [6, 6.07) is 10.8. The number of aromatic nitrogens is 4. The average molecular weight is 426 g/mol. The van der Waals surface area contributed by atoms with Gasteiger partial charge in [-0.1, -0.05) is 12.1 Å². The molecule has 0 unspecified atom stereocenters. The molecule has 11 heteroatoms. The topological polar surface area (TPSA) is 75.6 Å². The number of nitrogens with zero attached hydrogens (tertiary/aromatic N) is 7. The van der Waals surface area contributed by atoms with Crippen LogP contribution >= 0.6 is 11.6 Å². The van der Waals surface area contributed by atoms with E-state index in [1.54, 1.807) is 20.8 Å². The Morgan fingerprint density at radius 1 is 1.07 bits per heavy atom. The van der Waals surface area contributed by atoms with Crippen LogP contribution in [-0.4, -0.2) is 32.2 Å². The zero-order valence-corrected chi connectivity index (χ0v) is 15.8. The monoisotopic (exact) mass is 425 g/mol.